The van der Waals surface area contributed by atoms with Crippen LogP contribution >= 0.6 is 0 Å². The summed E-state index contributed by atoms with van der Waals surface area (Å²) in [5, 5.41) is 0. The van der Waals surface area contributed by atoms with Gasteiger partial charge in [-0.1, -0.05) is 36.2 Å². The van der Waals surface area contributed by atoms with E-state index in [0.717, 1.165) is 29.7 Å². The molecule has 0 spiro atoms. The maximum Gasteiger partial charge on any atom is 0.331 e. The highest BCUT2D eigenvalue weighted by Gasteiger charge is 2.31. The minimum Gasteiger partial charge on any atom is -0.497 e. The summed E-state index contributed by atoms with van der Waals surface area (Å²) in [4.78, 5) is 12.5. The van der Waals surface area contributed by atoms with Gasteiger partial charge in [0.2, 0.25) is 10.0 Å². The van der Waals surface area contributed by atoms with Gasteiger partial charge in [-0.05, 0) is 62.1 Å². The van der Waals surface area contributed by atoms with Crippen LogP contribution in [0.25, 0.3) is 6.08 Å². The Balaban J connectivity index is 1.64. The first-order valence-electron chi connectivity index (χ1n) is 9.99. The van der Waals surface area contributed by atoms with Crippen LogP contribution in [-0.2, 0) is 19.6 Å². The predicted octanol–water partition coefficient (Wildman–Crippen LogP) is 3.85. The maximum absolute atomic E-state index is 12.7. The van der Waals surface area contributed by atoms with Crippen molar-refractivity contribution in [2.24, 2.45) is 0 Å². The molecule has 1 saturated carbocycles. The van der Waals surface area contributed by atoms with Gasteiger partial charge in [0.15, 0.2) is 0 Å². The first-order valence-corrected chi connectivity index (χ1v) is 11.5. The molecule has 3 rings (SSSR count). The Hall–Kier alpha value is -2.64. The molecule has 0 unspecified atom stereocenters. The van der Waals surface area contributed by atoms with Crippen molar-refractivity contribution < 1.29 is 22.7 Å². The molecular weight excluding hydrogens is 402 g/mol. The normalized spacial score (nSPS) is 19.5. The standard InChI is InChI=1S/C23H27NO5S/c1-17-7-14-20(15-8-17)30(26,27)24-21-5-3-4-6-22(21)29-23(25)16-11-18-9-12-19(28-2)13-10-18/h7-16,21-22,24H,3-6H2,1-2H3/b16-11+/t21-,22-/m1/s1. The highest BCUT2D eigenvalue weighted by molar-refractivity contribution is 7.89. The number of aryl methyl sites for hydroxylation is 1. The minimum absolute atomic E-state index is 0.211. The summed E-state index contributed by atoms with van der Waals surface area (Å²) in [6.07, 6.45) is 5.57. The van der Waals surface area contributed by atoms with Crippen molar-refractivity contribution in [1.29, 1.82) is 0 Å². The van der Waals surface area contributed by atoms with Gasteiger partial charge in [0.25, 0.3) is 0 Å². The number of methoxy groups -OCH3 is 1. The summed E-state index contributed by atoms with van der Waals surface area (Å²) in [6.45, 7) is 1.90. The third-order valence-electron chi connectivity index (χ3n) is 5.14. The Labute approximate surface area is 178 Å². The zero-order valence-corrected chi connectivity index (χ0v) is 18.0. The van der Waals surface area contributed by atoms with Crippen molar-refractivity contribution in [3.63, 3.8) is 0 Å². The summed E-state index contributed by atoms with van der Waals surface area (Å²) in [5.74, 6) is 0.248. The highest BCUT2D eigenvalue weighted by atomic mass is 32.2. The highest BCUT2D eigenvalue weighted by Crippen LogP contribution is 2.24. The number of esters is 1. The van der Waals surface area contributed by atoms with Crippen molar-refractivity contribution in [2.75, 3.05) is 7.11 Å². The smallest absolute Gasteiger partial charge is 0.331 e. The fourth-order valence-corrected chi connectivity index (χ4v) is 4.72. The molecule has 1 aliphatic carbocycles. The van der Waals surface area contributed by atoms with E-state index in [1.807, 2.05) is 31.2 Å². The lowest BCUT2D eigenvalue weighted by atomic mass is 9.93. The van der Waals surface area contributed by atoms with E-state index in [1.54, 1.807) is 37.5 Å². The molecule has 7 heteroatoms. The lowest BCUT2D eigenvalue weighted by molar-refractivity contribution is -0.145. The van der Waals surface area contributed by atoms with Crippen LogP contribution in [0.5, 0.6) is 5.75 Å². The summed E-state index contributed by atoms with van der Waals surface area (Å²) in [6, 6.07) is 13.5. The number of ether oxygens (including phenoxy) is 2. The maximum atomic E-state index is 12.7. The molecule has 0 bridgehead atoms. The van der Waals surface area contributed by atoms with Gasteiger partial charge in [-0.15, -0.1) is 0 Å². The fraction of sp³-hybridized carbons (Fsp3) is 0.348. The van der Waals surface area contributed by atoms with E-state index in [4.69, 9.17) is 9.47 Å². The molecule has 2 atom stereocenters. The topological polar surface area (TPSA) is 81.7 Å². The molecular formula is C23H27NO5S. The van der Waals surface area contributed by atoms with Crippen LogP contribution in [0.3, 0.4) is 0 Å². The molecule has 160 valence electrons. The van der Waals surface area contributed by atoms with Gasteiger partial charge in [0.05, 0.1) is 18.0 Å². The summed E-state index contributed by atoms with van der Waals surface area (Å²) >= 11 is 0. The molecule has 1 aliphatic rings. The Morgan fingerprint density at radius 3 is 2.37 bits per heavy atom. The van der Waals surface area contributed by atoms with E-state index in [9.17, 15) is 13.2 Å². The average Bonchev–Trinajstić information content (AvgIpc) is 2.74. The second-order valence-electron chi connectivity index (χ2n) is 7.41. The summed E-state index contributed by atoms with van der Waals surface area (Å²) < 4.78 is 38.9. The lowest BCUT2D eigenvalue weighted by Crippen LogP contribution is -2.46. The third-order valence-corrected chi connectivity index (χ3v) is 6.64. The first kappa shape index (κ1) is 22.1. The fourth-order valence-electron chi connectivity index (χ4n) is 3.43. The summed E-state index contributed by atoms with van der Waals surface area (Å²) in [5.41, 5.74) is 1.83. The number of carbonyl (C=O) groups excluding carboxylic acids is 1. The molecule has 0 aromatic heterocycles. The minimum atomic E-state index is -3.68. The van der Waals surface area contributed by atoms with Crippen molar-refractivity contribution in [3.05, 3.63) is 65.7 Å². The SMILES string of the molecule is COc1ccc(/C=C/C(=O)O[C@@H]2CCCC[C@H]2NS(=O)(=O)c2ccc(C)cc2)cc1. The van der Waals surface area contributed by atoms with E-state index < -0.39 is 28.1 Å². The van der Waals surface area contributed by atoms with Crippen molar-refractivity contribution >= 4 is 22.1 Å². The number of hydrogen-bond donors (Lipinski definition) is 1. The van der Waals surface area contributed by atoms with Crippen LogP contribution in [0, 0.1) is 6.92 Å². The van der Waals surface area contributed by atoms with Gasteiger partial charge in [-0.25, -0.2) is 17.9 Å². The van der Waals surface area contributed by atoms with Crippen molar-refractivity contribution in [2.45, 2.75) is 49.6 Å². The Kier molecular flexibility index (Phi) is 7.29. The van der Waals surface area contributed by atoms with Crippen LogP contribution in [0.2, 0.25) is 0 Å². The molecule has 2 aromatic rings. The van der Waals surface area contributed by atoms with Gasteiger partial charge < -0.3 is 9.47 Å². The second-order valence-corrected chi connectivity index (χ2v) is 9.12. The zero-order chi connectivity index (χ0) is 21.6. The molecule has 0 heterocycles. The van der Waals surface area contributed by atoms with E-state index in [1.165, 1.54) is 6.08 Å². The molecule has 1 N–H and O–H groups in total. The first-order chi connectivity index (χ1) is 14.4. The van der Waals surface area contributed by atoms with Gasteiger partial charge in [-0.2, -0.15) is 0 Å². The molecule has 0 aliphatic heterocycles. The van der Waals surface area contributed by atoms with E-state index in [-0.39, 0.29) is 4.90 Å². The van der Waals surface area contributed by atoms with Crippen LogP contribution in [-0.4, -0.2) is 33.6 Å². The number of benzene rings is 2. The Morgan fingerprint density at radius 2 is 1.70 bits per heavy atom. The number of nitrogens with one attached hydrogen (secondary N) is 1. The van der Waals surface area contributed by atoms with E-state index >= 15 is 0 Å². The van der Waals surface area contributed by atoms with Crippen molar-refractivity contribution in [1.82, 2.24) is 4.72 Å². The van der Waals surface area contributed by atoms with E-state index in [2.05, 4.69) is 4.72 Å². The molecule has 2 aromatic carbocycles. The lowest BCUT2D eigenvalue weighted by Gasteiger charge is -2.31. The zero-order valence-electron chi connectivity index (χ0n) is 17.2. The average molecular weight is 430 g/mol. The largest absolute Gasteiger partial charge is 0.497 e. The number of sulfonamides is 1. The van der Waals surface area contributed by atoms with E-state index in [0.29, 0.717) is 12.8 Å². The number of hydrogen-bond acceptors (Lipinski definition) is 5. The van der Waals surface area contributed by atoms with Crippen molar-refractivity contribution in [3.8, 4) is 5.75 Å². The quantitative estimate of drug-likeness (QED) is 0.534. The Bertz CT molecular complexity index is 981. The summed E-state index contributed by atoms with van der Waals surface area (Å²) in [7, 11) is -2.09. The third kappa shape index (κ3) is 5.93. The molecule has 0 radical (unpaired) electrons. The Morgan fingerprint density at radius 1 is 1.03 bits per heavy atom. The molecule has 6 nitrogen and oxygen atoms in total. The number of rotatable bonds is 7. The van der Waals surface area contributed by atoms with Gasteiger partial charge in [-0.3, -0.25) is 0 Å². The van der Waals surface area contributed by atoms with Crippen LogP contribution in [0.4, 0.5) is 0 Å². The molecule has 30 heavy (non-hydrogen) atoms. The van der Waals surface area contributed by atoms with Gasteiger partial charge >= 0.3 is 5.97 Å². The monoisotopic (exact) mass is 429 g/mol. The molecule has 0 amide bonds. The van der Waals surface area contributed by atoms with Crippen LogP contribution < -0.4 is 9.46 Å². The van der Waals surface area contributed by atoms with Gasteiger partial charge in [0, 0.05) is 6.08 Å². The molecule has 0 saturated heterocycles. The van der Waals surface area contributed by atoms with Crippen LogP contribution in [0.15, 0.2) is 59.5 Å². The van der Waals surface area contributed by atoms with Gasteiger partial charge in [0.1, 0.15) is 11.9 Å². The predicted molar refractivity (Wildman–Crippen MR) is 116 cm³/mol. The van der Waals surface area contributed by atoms with Crippen LogP contribution in [0.1, 0.15) is 36.8 Å². The second kappa shape index (κ2) is 9.91. The number of carbonyl (C=O) groups is 1. The molecule has 1 fully saturated rings.